The highest BCUT2D eigenvalue weighted by Gasteiger charge is 2.37. The van der Waals surface area contributed by atoms with Crippen LogP contribution in [0.15, 0.2) is 42.5 Å². The number of halogens is 1. The van der Waals surface area contributed by atoms with Gasteiger partial charge in [-0.25, -0.2) is 0 Å². The van der Waals surface area contributed by atoms with Gasteiger partial charge in [0, 0.05) is 48.8 Å². The van der Waals surface area contributed by atoms with Gasteiger partial charge in [0.2, 0.25) is 17.7 Å². The van der Waals surface area contributed by atoms with Crippen molar-refractivity contribution in [2.24, 2.45) is 5.73 Å². The molecule has 0 aliphatic carbocycles. The third-order valence-electron chi connectivity index (χ3n) is 8.73. The zero-order valence-electron chi connectivity index (χ0n) is 26.0. The number of benzene rings is 2. The van der Waals surface area contributed by atoms with Gasteiger partial charge in [-0.3, -0.25) is 24.2 Å². The van der Waals surface area contributed by atoms with Gasteiger partial charge in [-0.2, -0.15) is 0 Å². The van der Waals surface area contributed by atoms with Crippen molar-refractivity contribution < 1.29 is 14.4 Å². The Morgan fingerprint density at radius 2 is 1.86 bits per heavy atom. The minimum Gasteiger partial charge on any atom is -0.343 e. The van der Waals surface area contributed by atoms with E-state index in [-0.39, 0.29) is 29.8 Å². The number of rotatable bonds is 11. The average molecular weight is 611 g/mol. The number of amides is 3. The molecule has 9 nitrogen and oxygen atoms in total. The van der Waals surface area contributed by atoms with Crippen LogP contribution in [0, 0.1) is 6.92 Å². The fourth-order valence-electron chi connectivity index (χ4n) is 6.28. The van der Waals surface area contributed by atoms with E-state index in [0.717, 1.165) is 37.3 Å². The SMILES string of the molecule is CCN1CCN(C(=O)CCCN2Cc3ccccc3C[C@H]2C(=O)N[C@@H](CCN)C(=O)Nc2ccc(Cl)c(C)c2)C(C)(C)C1. The summed E-state index contributed by atoms with van der Waals surface area (Å²) in [6.07, 6.45) is 1.93. The number of hydrogen-bond donors (Lipinski definition) is 3. The van der Waals surface area contributed by atoms with Crippen LogP contribution in [-0.2, 0) is 27.3 Å². The van der Waals surface area contributed by atoms with Crippen LogP contribution in [0.25, 0.3) is 0 Å². The molecule has 0 radical (unpaired) electrons. The van der Waals surface area contributed by atoms with Crippen LogP contribution < -0.4 is 16.4 Å². The van der Waals surface area contributed by atoms with Crippen LogP contribution in [0.4, 0.5) is 5.69 Å². The molecule has 2 aliphatic rings. The summed E-state index contributed by atoms with van der Waals surface area (Å²) >= 11 is 6.14. The summed E-state index contributed by atoms with van der Waals surface area (Å²) in [4.78, 5) is 46.8. The molecule has 10 heteroatoms. The Bertz CT molecular complexity index is 1300. The molecule has 2 aromatic rings. The second kappa shape index (κ2) is 14.7. The maximum atomic E-state index is 13.8. The standard InChI is InChI=1S/C33H47ClN6O3/c1-5-38-17-18-40(33(3,4)22-38)30(41)11-8-16-39-21-25-10-7-6-9-24(25)20-29(39)32(43)37-28(14-15-35)31(42)36-26-12-13-27(34)23(2)19-26/h6-7,9-10,12-13,19,28-29H,5,8,11,14-18,20-22,35H2,1-4H3,(H,36,42)(H,37,43)/t28-,29-/m0/s1. The number of aryl methyl sites for hydroxylation is 1. The second-order valence-electron chi connectivity index (χ2n) is 12.4. The summed E-state index contributed by atoms with van der Waals surface area (Å²) in [5.74, 6) is -0.366. The minimum atomic E-state index is -0.780. The molecule has 2 atom stereocenters. The molecule has 0 saturated carbocycles. The molecule has 0 bridgehead atoms. The number of nitrogens with one attached hydrogen (secondary N) is 2. The van der Waals surface area contributed by atoms with Crippen molar-refractivity contribution in [2.45, 2.75) is 77.5 Å². The van der Waals surface area contributed by atoms with Gasteiger partial charge in [0.15, 0.2) is 0 Å². The van der Waals surface area contributed by atoms with Gasteiger partial charge >= 0.3 is 0 Å². The third-order valence-corrected chi connectivity index (χ3v) is 9.15. The lowest BCUT2D eigenvalue weighted by molar-refractivity contribution is -0.140. The number of piperazine rings is 1. The van der Waals surface area contributed by atoms with E-state index in [2.05, 4.69) is 53.3 Å². The maximum absolute atomic E-state index is 13.8. The van der Waals surface area contributed by atoms with Crippen molar-refractivity contribution in [2.75, 3.05) is 44.6 Å². The highest BCUT2D eigenvalue weighted by Crippen LogP contribution is 2.26. The first-order chi connectivity index (χ1) is 20.5. The van der Waals surface area contributed by atoms with Crippen molar-refractivity contribution in [1.82, 2.24) is 20.0 Å². The number of carbonyl (C=O) groups excluding carboxylic acids is 3. The third kappa shape index (κ3) is 8.35. The van der Waals surface area contributed by atoms with Gasteiger partial charge in [0.25, 0.3) is 0 Å². The van der Waals surface area contributed by atoms with Crippen LogP contribution in [0.5, 0.6) is 0 Å². The smallest absolute Gasteiger partial charge is 0.246 e. The van der Waals surface area contributed by atoms with Crippen LogP contribution >= 0.6 is 11.6 Å². The number of carbonyl (C=O) groups is 3. The molecular weight excluding hydrogens is 564 g/mol. The van der Waals surface area contributed by atoms with Crippen LogP contribution in [0.1, 0.15) is 56.7 Å². The summed E-state index contributed by atoms with van der Waals surface area (Å²) in [6.45, 7) is 13.2. The molecule has 4 rings (SSSR count). The minimum absolute atomic E-state index is 0.163. The summed E-state index contributed by atoms with van der Waals surface area (Å²) < 4.78 is 0. The quantitative estimate of drug-likeness (QED) is 0.359. The molecule has 234 valence electrons. The zero-order chi connectivity index (χ0) is 31.1. The highest BCUT2D eigenvalue weighted by molar-refractivity contribution is 6.31. The molecule has 0 spiro atoms. The molecular formula is C33H47ClN6O3. The largest absolute Gasteiger partial charge is 0.343 e. The first-order valence-corrected chi connectivity index (χ1v) is 15.8. The summed E-state index contributed by atoms with van der Waals surface area (Å²) in [5, 5.41) is 6.50. The number of hydrogen-bond acceptors (Lipinski definition) is 6. The average Bonchev–Trinajstić information content (AvgIpc) is 2.97. The number of likely N-dealkylation sites (N-methyl/N-ethyl adjacent to an activating group) is 1. The van der Waals surface area contributed by atoms with Crippen LogP contribution in [-0.4, -0.2) is 89.3 Å². The molecule has 43 heavy (non-hydrogen) atoms. The van der Waals surface area contributed by atoms with Gasteiger partial charge in [0.05, 0.1) is 6.04 Å². The first-order valence-electron chi connectivity index (χ1n) is 15.4. The van der Waals surface area contributed by atoms with E-state index in [0.29, 0.717) is 49.5 Å². The van der Waals surface area contributed by atoms with E-state index >= 15 is 0 Å². The lowest BCUT2D eigenvalue weighted by Crippen LogP contribution is -2.61. The lowest BCUT2D eigenvalue weighted by atomic mass is 9.92. The molecule has 1 fully saturated rings. The predicted octanol–water partition coefficient (Wildman–Crippen LogP) is 3.57. The maximum Gasteiger partial charge on any atom is 0.246 e. The summed E-state index contributed by atoms with van der Waals surface area (Å²) in [6, 6.07) is 12.2. The van der Waals surface area contributed by atoms with Crippen molar-refractivity contribution in [1.29, 1.82) is 0 Å². The molecule has 4 N–H and O–H groups in total. The van der Waals surface area contributed by atoms with Gasteiger partial charge in [-0.05, 0) is 94.6 Å². The second-order valence-corrected chi connectivity index (χ2v) is 12.8. The Morgan fingerprint density at radius 3 is 2.53 bits per heavy atom. The van der Waals surface area contributed by atoms with E-state index in [9.17, 15) is 14.4 Å². The van der Waals surface area contributed by atoms with Crippen LogP contribution in [0.2, 0.25) is 5.02 Å². The van der Waals surface area contributed by atoms with Crippen molar-refractivity contribution in [3.05, 3.63) is 64.2 Å². The van der Waals surface area contributed by atoms with Gasteiger partial charge in [0.1, 0.15) is 6.04 Å². The fraction of sp³-hybridized carbons (Fsp3) is 0.545. The molecule has 3 amide bonds. The van der Waals surface area contributed by atoms with E-state index in [1.54, 1.807) is 18.2 Å². The Balaban J connectivity index is 1.42. The number of nitrogens with zero attached hydrogens (tertiary/aromatic N) is 3. The fourth-order valence-corrected chi connectivity index (χ4v) is 6.40. The van der Waals surface area contributed by atoms with Crippen molar-refractivity contribution in [3.8, 4) is 0 Å². The molecule has 1 saturated heterocycles. The number of nitrogens with two attached hydrogens (primary N) is 1. The highest BCUT2D eigenvalue weighted by atomic mass is 35.5. The van der Waals surface area contributed by atoms with Gasteiger partial charge < -0.3 is 21.3 Å². The molecule has 0 aromatic heterocycles. The first kappa shape index (κ1) is 32.9. The lowest BCUT2D eigenvalue weighted by Gasteiger charge is -2.47. The monoisotopic (exact) mass is 610 g/mol. The van der Waals surface area contributed by atoms with E-state index in [1.807, 2.05) is 24.0 Å². The Labute approximate surface area is 261 Å². The Morgan fingerprint density at radius 1 is 1.12 bits per heavy atom. The van der Waals surface area contributed by atoms with Gasteiger partial charge in [-0.15, -0.1) is 0 Å². The predicted molar refractivity (Wildman–Crippen MR) is 172 cm³/mol. The molecule has 0 unspecified atom stereocenters. The van der Waals surface area contributed by atoms with E-state index in [1.165, 1.54) is 5.56 Å². The van der Waals surface area contributed by atoms with E-state index < -0.39 is 12.1 Å². The summed E-state index contributed by atoms with van der Waals surface area (Å²) in [5.41, 5.74) is 9.40. The normalized spacial score (nSPS) is 19.4. The Hall–Kier alpha value is -2.98. The number of anilines is 1. The number of fused-ring (bicyclic) bond motifs is 1. The van der Waals surface area contributed by atoms with Crippen molar-refractivity contribution in [3.63, 3.8) is 0 Å². The zero-order valence-corrected chi connectivity index (χ0v) is 26.8. The Kier molecular flexibility index (Phi) is 11.2. The van der Waals surface area contributed by atoms with Crippen molar-refractivity contribution >= 4 is 35.0 Å². The van der Waals surface area contributed by atoms with Crippen LogP contribution in [0.3, 0.4) is 0 Å². The molecule has 2 heterocycles. The molecule has 2 aliphatic heterocycles. The van der Waals surface area contributed by atoms with Gasteiger partial charge in [-0.1, -0.05) is 42.8 Å². The topological polar surface area (TPSA) is 111 Å². The van der Waals surface area contributed by atoms with E-state index in [4.69, 9.17) is 17.3 Å². The summed E-state index contributed by atoms with van der Waals surface area (Å²) in [7, 11) is 0. The molecule has 2 aromatic carbocycles.